The molecule has 3 amide bonds. The second-order valence-corrected chi connectivity index (χ2v) is 4.78. The largest absolute Gasteiger partial charge is 0.396 e. The fourth-order valence-corrected chi connectivity index (χ4v) is 2.07. The standard InChI is InChI=1S/C13H22N2O4/c1-2-10(6-8-16)9-14-11(17)5-7-15-12(18)3-4-13(15)19/h10,16H,2-9H2,1H3,(H,14,17). The molecular weight excluding hydrogens is 248 g/mol. The highest BCUT2D eigenvalue weighted by atomic mass is 16.3. The van der Waals surface area contributed by atoms with Gasteiger partial charge in [-0.3, -0.25) is 19.3 Å². The van der Waals surface area contributed by atoms with Gasteiger partial charge in [-0.05, 0) is 12.3 Å². The topological polar surface area (TPSA) is 86.7 Å². The van der Waals surface area contributed by atoms with Gasteiger partial charge in [-0.2, -0.15) is 0 Å². The van der Waals surface area contributed by atoms with Crippen molar-refractivity contribution in [1.29, 1.82) is 0 Å². The lowest BCUT2D eigenvalue weighted by Crippen LogP contribution is -2.35. The predicted octanol–water partition coefficient (Wildman–Crippen LogP) is 0.0503. The fourth-order valence-electron chi connectivity index (χ4n) is 2.07. The van der Waals surface area contributed by atoms with Gasteiger partial charge >= 0.3 is 0 Å². The van der Waals surface area contributed by atoms with E-state index in [9.17, 15) is 14.4 Å². The van der Waals surface area contributed by atoms with Gasteiger partial charge in [0.25, 0.3) is 0 Å². The number of aliphatic hydroxyl groups excluding tert-OH is 1. The smallest absolute Gasteiger partial charge is 0.229 e. The summed E-state index contributed by atoms with van der Waals surface area (Å²) in [7, 11) is 0. The van der Waals surface area contributed by atoms with E-state index in [1.54, 1.807) is 0 Å². The predicted molar refractivity (Wildman–Crippen MR) is 69.1 cm³/mol. The Bertz CT molecular complexity index is 328. The van der Waals surface area contributed by atoms with Crippen LogP contribution in [-0.2, 0) is 14.4 Å². The van der Waals surface area contributed by atoms with E-state index in [-0.39, 0.29) is 56.1 Å². The second-order valence-electron chi connectivity index (χ2n) is 4.78. The van der Waals surface area contributed by atoms with E-state index in [1.807, 2.05) is 6.92 Å². The van der Waals surface area contributed by atoms with Crippen LogP contribution in [0.1, 0.15) is 39.0 Å². The van der Waals surface area contributed by atoms with Crippen molar-refractivity contribution in [2.75, 3.05) is 19.7 Å². The summed E-state index contributed by atoms with van der Waals surface area (Å²) >= 11 is 0. The molecule has 19 heavy (non-hydrogen) atoms. The molecule has 1 rings (SSSR count). The molecule has 1 unspecified atom stereocenters. The minimum Gasteiger partial charge on any atom is -0.396 e. The van der Waals surface area contributed by atoms with Crippen molar-refractivity contribution >= 4 is 17.7 Å². The maximum Gasteiger partial charge on any atom is 0.229 e. The molecule has 1 aliphatic heterocycles. The molecule has 0 aliphatic carbocycles. The molecule has 0 aromatic rings. The summed E-state index contributed by atoms with van der Waals surface area (Å²) in [4.78, 5) is 35.5. The summed E-state index contributed by atoms with van der Waals surface area (Å²) in [5.41, 5.74) is 0. The van der Waals surface area contributed by atoms with E-state index in [1.165, 1.54) is 0 Å². The Labute approximate surface area is 113 Å². The quantitative estimate of drug-likeness (QED) is 0.610. The Kier molecular flexibility index (Phi) is 6.49. The highest BCUT2D eigenvalue weighted by molar-refractivity contribution is 6.02. The lowest BCUT2D eigenvalue weighted by Gasteiger charge is -2.16. The Morgan fingerprint density at radius 3 is 2.53 bits per heavy atom. The van der Waals surface area contributed by atoms with Crippen molar-refractivity contribution in [3.05, 3.63) is 0 Å². The highest BCUT2D eigenvalue weighted by Gasteiger charge is 2.28. The van der Waals surface area contributed by atoms with Gasteiger partial charge in [-0.15, -0.1) is 0 Å². The molecule has 1 fully saturated rings. The molecule has 0 saturated carbocycles. The number of rotatable bonds is 8. The first-order valence-corrected chi connectivity index (χ1v) is 6.79. The number of hydrogen-bond acceptors (Lipinski definition) is 4. The molecular formula is C13H22N2O4. The van der Waals surface area contributed by atoms with Gasteiger partial charge < -0.3 is 10.4 Å². The first-order valence-electron chi connectivity index (χ1n) is 6.79. The zero-order valence-electron chi connectivity index (χ0n) is 11.4. The van der Waals surface area contributed by atoms with Crippen LogP contribution in [0.2, 0.25) is 0 Å². The lowest BCUT2D eigenvalue weighted by atomic mass is 10.0. The van der Waals surface area contributed by atoms with Crippen molar-refractivity contribution in [2.45, 2.75) is 39.0 Å². The van der Waals surface area contributed by atoms with Gasteiger partial charge in [0.1, 0.15) is 0 Å². The van der Waals surface area contributed by atoms with Crippen LogP contribution in [0.4, 0.5) is 0 Å². The van der Waals surface area contributed by atoms with E-state index in [0.717, 1.165) is 11.3 Å². The Hall–Kier alpha value is -1.43. The average molecular weight is 270 g/mol. The van der Waals surface area contributed by atoms with Crippen LogP contribution < -0.4 is 5.32 Å². The molecule has 0 aromatic carbocycles. The minimum atomic E-state index is -0.190. The SMILES string of the molecule is CCC(CCO)CNC(=O)CCN1C(=O)CCC1=O. The third-order valence-electron chi connectivity index (χ3n) is 3.42. The molecule has 108 valence electrons. The van der Waals surface area contributed by atoms with Crippen molar-refractivity contribution in [3.63, 3.8) is 0 Å². The summed E-state index contributed by atoms with van der Waals surface area (Å²) < 4.78 is 0. The minimum absolute atomic E-state index is 0.116. The van der Waals surface area contributed by atoms with E-state index in [4.69, 9.17) is 5.11 Å². The number of carbonyl (C=O) groups excluding carboxylic acids is 3. The maximum atomic E-state index is 11.6. The molecule has 1 atom stereocenters. The molecule has 0 aromatic heterocycles. The number of aliphatic hydroxyl groups is 1. The van der Waals surface area contributed by atoms with Gasteiger partial charge in [0.2, 0.25) is 17.7 Å². The molecule has 1 heterocycles. The van der Waals surface area contributed by atoms with Gasteiger partial charge in [0.05, 0.1) is 0 Å². The third-order valence-corrected chi connectivity index (χ3v) is 3.42. The number of carbonyl (C=O) groups is 3. The Morgan fingerprint density at radius 2 is 2.00 bits per heavy atom. The molecule has 0 radical (unpaired) electrons. The van der Waals surface area contributed by atoms with Crippen LogP contribution in [0.15, 0.2) is 0 Å². The Morgan fingerprint density at radius 1 is 1.37 bits per heavy atom. The zero-order chi connectivity index (χ0) is 14.3. The molecule has 2 N–H and O–H groups in total. The van der Waals surface area contributed by atoms with E-state index in [2.05, 4.69) is 5.32 Å². The summed E-state index contributed by atoms with van der Waals surface area (Å²) in [6.45, 7) is 2.82. The van der Waals surface area contributed by atoms with E-state index < -0.39 is 0 Å². The van der Waals surface area contributed by atoms with E-state index in [0.29, 0.717) is 13.0 Å². The highest BCUT2D eigenvalue weighted by Crippen LogP contribution is 2.11. The maximum absolute atomic E-state index is 11.6. The zero-order valence-corrected chi connectivity index (χ0v) is 11.4. The summed E-state index contributed by atoms with van der Waals surface area (Å²) in [5, 5.41) is 11.6. The van der Waals surface area contributed by atoms with Crippen LogP contribution in [-0.4, -0.2) is 47.4 Å². The normalized spacial score (nSPS) is 16.8. The van der Waals surface area contributed by atoms with Gasteiger partial charge in [-0.1, -0.05) is 13.3 Å². The van der Waals surface area contributed by atoms with Crippen LogP contribution >= 0.6 is 0 Å². The molecule has 1 aliphatic rings. The van der Waals surface area contributed by atoms with Gasteiger partial charge in [-0.25, -0.2) is 0 Å². The average Bonchev–Trinajstić information content (AvgIpc) is 2.71. The first kappa shape index (κ1) is 15.6. The van der Waals surface area contributed by atoms with Gasteiger partial charge in [0, 0.05) is 39.0 Å². The summed E-state index contributed by atoms with van der Waals surface area (Å²) in [6, 6.07) is 0. The van der Waals surface area contributed by atoms with Crippen molar-refractivity contribution in [1.82, 2.24) is 10.2 Å². The van der Waals surface area contributed by atoms with Crippen molar-refractivity contribution in [2.24, 2.45) is 5.92 Å². The van der Waals surface area contributed by atoms with Crippen molar-refractivity contribution in [3.8, 4) is 0 Å². The second kappa shape index (κ2) is 7.89. The first-order chi connectivity index (χ1) is 9.08. The number of amides is 3. The number of likely N-dealkylation sites (tertiary alicyclic amines) is 1. The molecule has 0 bridgehead atoms. The number of nitrogens with one attached hydrogen (secondary N) is 1. The lowest BCUT2D eigenvalue weighted by molar-refractivity contribution is -0.138. The van der Waals surface area contributed by atoms with Crippen LogP contribution in [0.25, 0.3) is 0 Å². The summed E-state index contributed by atoms with van der Waals surface area (Å²) in [6.07, 6.45) is 2.22. The summed E-state index contributed by atoms with van der Waals surface area (Å²) in [5.74, 6) is -0.276. The molecule has 1 saturated heterocycles. The number of imide groups is 1. The third kappa shape index (κ3) is 4.98. The molecule has 0 spiro atoms. The number of nitrogens with zero attached hydrogens (tertiary/aromatic N) is 1. The Balaban J connectivity index is 2.24. The van der Waals surface area contributed by atoms with E-state index >= 15 is 0 Å². The fraction of sp³-hybridized carbons (Fsp3) is 0.769. The number of hydrogen-bond donors (Lipinski definition) is 2. The van der Waals surface area contributed by atoms with Crippen molar-refractivity contribution < 1.29 is 19.5 Å². The van der Waals surface area contributed by atoms with Crippen LogP contribution in [0.3, 0.4) is 0 Å². The van der Waals surface area contributed by atoms with Crippen LogP contribution in [0.5, 0.6) is 0 Å². The van der Waals surface area contributed by atoms with Crippen LogP contribution in [0, 0.1) is 5.92 Å². The van der Waals surface area contributed by atoms with Gasteiger partial charge in [0.15, 0.2) is 0 Å². The molecule has 6 heteroatoms. The monoisotopic (exact) mass is 270 g/mol. The molecule has 6 nitrogen and oxygen atoms in total.